The number of nitrogens with zero attached hydrogens (tertiary/aromatic N) is 3. The van der Waals surface area contributed by atoms with E-state index in [0.29, 0.717) is 0 Å². The van der Waals surface area contributed by atoms with E-state index in [2.05, 4.69) is 15.7 Å². The van der Waals surface area contributed by atoms with Crippen molar-refractivity contribution in [1.82, 2.24) is 15.1 Å². The molecule has 1 fully saturated rings. The van der Waals surface area contributed by atoms with E-state index >= 15 is 0 Å². The number of aryl methyl sites for hydroxylation is 2. The van der Waals surface area contributed by atoms with Gasteiger partial charge in [0.1, 0.15) is 0 Å². The molecule has 2 aliphatic rings. The number of carbonyl (C=O) groups excluding carboxylic acids is 2. The average Bonchev–Trinajstić information content (AvgIpc) is 3.14. The van der Waals surface area contributed by atoms with Gasteiger partial charge in [-0.2, -0.15) is 5.10 Å². The monoisotopic (exact) mass is 369 g/mol. The quantitative estimate of drug-likeness (QED) is 0.860. The van der Waals surface area contributed by atoms with E-state index in [1.807, 2.05) is 37.0 Å². The van der Waals surface area contributed by atoms with Crippen molar-refractivity contribution in [3.05, 3.63) is 29.3 Å². The molecule has 2 N–H and O–H groups in total. The van der Waals surface area contributed by atoms with Crippen molar-refractivity contribution >= 4 is 23.5 Å². The molecular weight excluding hydrogens is 346 g/mol. The van der Waals surface area contributed by atoms with Gasteiger partial charge in [-0.3, -0.25) is 14.4 Å². The number of amides is 2. The first-order valence-corrected chi connectivity index (χ1v) is 9.10. The molecule has 0 radical (unpaired) electrons. The van der Waals surface area contributed by atoms with Gasteiger partial charge >= 0.3 is 6.09 Å². The van der Waals surface area contributed by atoms with Gasteiger partial charge in [-0.25, -0.2) is 4.79 Å². The first-order valence-electron chi connectivity index (χ1n) is 9.10. The predicted octanol–water partition coefficient (Wildman–Crippen LogP) is 1.69. The van der Waals surface area contributed by atoms with Gasteiger partial charge in [0, 0.05) is 38.0 Å². The highest BCUT2D eigenvalue weighted by Gasteiger charge is 2.37. The van der Waals surface area contributed by atoms with Crippen molar-refractivity contribution in [2.24, 2.45) is 7.05 Å². The Labute approximate surface area is 157 Å². The predicted molar refractivity (Wildman–Crippen MR) is 102 cm³/mol. The summed E-state index contributed by atoms with van der Waals surface area (Å²) in [7, 11) is 5.37. The second-order valence-electron chi connectivity index (χ2n) is 6.84. The fraction of sp³-hybridized carbons (Fsp3) is 0.421. The van der Waals surface area contributed by atoms with E-state index in [4.69, 9.17) is 4.74 Å². The van der Waals surface area contributed by atoms with Crippen LogP contribution in [0.25, 0.3) is 11.3 Å². The van der Waals surface area contributed by atoms with Gasteiger partial charge in [0.25, 0.3) is 5.91 Å². The summed E-state index contributed by atoms with van der Waals surface area (Å²) in [5.41, 5.74) is 5.41. The third-order valence-electron chi connectivity index (χ3n) is 5.26. The van der Waals surface area contributed by atoms with Gasteiger partial charge in [0.15, 0.2) is 11.9 Å². The van der Waals surface area contributed by atoms with Crippen LogP contribution in [0.1, 0.15) is 17.5 Å². The topological polar surface area (TPSA) is 88.5 Å². The number of anilines is 2. The van der Waals surface area contributed by atoms with Crippen LogP contribution in [0.5, 0.6) is 0 Å². The van der Waals surface area contributed by atoms with Crippen molar-refractivity contribution in [3.8, 4) is 11.3 Å². The highest BCUT2D eigenvalue weighted by atomic mass is 16.6. The molecule has 1 aromatic carbocycles. The Morgan fingerprint density at radius 3 is 2.85 bits per heavy atom. The van der Waals surface area contributed by atoms with Crippen LogP contribution in [0, 0.1) is 0 Å². The van der Waals surface area contributed by atoms with Crippen molar-refractivity contribution in [3.63, 3.8) is 0 Å². The number of fused-ring (bicyclic) bond motifs is 3. The second-order valence-corrected chi connectivity index (χ2v) is 6.84. The Balaban J connectivity index is 1.71. The number of benzene rings is 1. The van der Waals surface area contributed by atoms with Crippen LogP contribution in [0.15, 0.2) is 18.2 Å². The molecular formula is C19H23N5O3. The SMILES string of the molecule is CNC(=O)[C@H]1CN(c2ccc3c(c2)CCCc2c(NC)nn(C)c2-3)C(=O)O1. The summed E-state index contributed by atoms with van der Waals surface area (Å²) in [5.74, 6) is 0.626. The number of hydrogen-bond acceptors (Lipinski definition) is 5. The fourth-order valence-corrected chi connectivity index (χ4v) is 3.96. The normalized spacial score (nSPS) is 18.4. The number of aromatic nitrogens is 2. The molecule has 2 aromatic rings. The number of nitrogens with one attached hydrogen (secondary N) is 2. The van der Waals surface area contributed by atoms with E-state index in [1.165, 1.54) is 23.1 Å². The maximum atomic E-state index is 12.2. The molecule has 142 valence electrons. The first-order chi connectivity index (χ1) is 13.0. The number of likely N-dealkylation sites (N-methyl/N-ethyl adjacent to an activating group) is 1. The molecule has 2 amide bonds. The standard InChI is InChI=1S/C19H23N5O3/c1-20-17-14-6-4-5-11-9-12(7-8-13(11)16(14)23(3)22-17)24-10-15(18(25)21-2)27-19(24)26/h7-9,15H,4-6,10H2,1-3H3,(H,20,22)(H,21,25)/t15-/m1/s1. The highest BCUT2D eigenvalue weighted by molar-refractivity contribution is 5.96. The van der Waals surface area contributed by atoms with Crippen LogP contribution in [0.2, 0.25) is 0 Å². The van der Waals surface area contributed by atoms with Crippen LogP contribution in [-0.2, 0) is 29.4 Å². The van der Waals surface area contributed by atoms with Crippen LogP contribution in [0.3, 0.4) is 0 Å². The Bertz CT molecular complexity index is 920. The van der Waals surface area contributed by atoms with Crippen LogP contribution < -0.4 is 15.5 Å². The summed E-state index contributed by atoms with van der Waals surface area (Å²) < 4.78 is 7.11. The molecule has 8 heteroatoms. The third-order valence-corrected chi connectivity index (χ3v) is 5.26. The lowest BCUT2D eigenvalue weighted by Crippen LogP contribution is -2.35. The van der Waals surface area contributed by atoms with E-state index in [9.17, 15) is 9.59 Å². The summed E-state index contributed by atoms with van der Waals surface area (Å²) in [6.07, 6.45) is 1.62. The minimum absolute atomic E-state index is 0.220. The van der Waals surface area contributed by atoms with Gasteiger partial charge in [0.2, 0.25) is 0 Å². The lowest BCUT2D eigenvalue weighted by Gasteiger charge is -2.16. The Hall–Kier alpha value is -3.03. The molecule has 8 nitrogen and oxygen atoms in total. The summed E-state index contributed by atoms with van der Waals surface area (Å²) in [6, 6.07) is 5.98. The molecule has 0 bridgehead atoms. The molecule has 1 saturated heterocycles. The number of cyclic esters (lactones) is 1. The van der Waals surface area contributed by atoms with Crippen molar-refractivity contribution < 1.29 is 14.3 Å². The molecule has 0 spiro atoms. The minimum atomic E-state index is -0.775. The summed E-state index contributed by atoms with van der Waals surface area (Å²) >= 11 is 0. The van der Waals surface area contributed by atoms with Crippen LogP contribution in [0.4, 0.5) is 16.3 Å². The smallest absolute Gasteiger partial charge is 0.415 e. The average molecular weight is 369 g/mol. The molecule has 1 aliphatic heterocycles. The zero-order valence-corrected chi connectivity index (χ0v) is 15.7. The maximum Gasteiger partial charge on any atom is 0.415 e. The summed E-state index contributed by atoms with van der Waals surface area (Å²) in [5, 5.41) is 10.3. The van der Waals surface area contributed by atoms with Gasteiger partial charge < -0.3 is 15.4 Å². The molecule has 0 unspecified atom stereocenters. The molecule has 0 saturated carbocycles. The number of carbonyl (C=O) groups is 2. The van der Waals surface area contributed by atoms with Crippen molar-refractivity contribution in [2.45, 2.75) is 25.4 Å². The Morgan fingerprint density at radius 1 is 1.30 bits per heavy atom. The van der Waals surface area contributed by atoms with Gasteiger partial charge in [-0.1, -0.05) is 6.07 Å². The fourth-order valence-electron chi connectivity index (χ4n) is 3.96. The molecule has 1 atom stereocenters. The summed E-state index contributed by atoms with van der Waals surface area (Å²) in [6.45, 7) is 0.220. The lowest BCUT2D eigenvalue weighted by atomic mass is 10.0. The first kappa shape index (κ1) is 17.4. The zero-order valence-electron chi connectivity index (χ0n) is 15.7. The van der Waals surface area contributed by atoms with E-state index in [0.717, 1.165) is 42.0 Å². The number of rotatable bonds is 3. The third kappa shape index (κ3) is 2.81. The van der Waals surface area contributed by atoms with Gasteiger partial charge in [-0.05, 0) is 37.0 Å². The highest BCUT2D eigenvalue weighted by Crippen LogP contribution is 2.38. The van der Waals surface area contributed by atoms with Gasteiger partial charge in [0.05, 0.1) is 12.2 Å². The maximum absolute atomic E-state index is 12.2. The Morgan fingerprint density at radius 2 is 2.11 bits per heavy atom. The van der Waals surface area contributed by atoms with Crippen LogP contribution in [-0.4, -0.2) is 48.5 Å². The molecule has 2 heterocycles. The van der Waals surface area contributed by atoms with Crippen LogP contribution >= 0.6 is 0 Å². The number of hydrogen-bond donors (Lipinski definition) is 2. The van der Waals surface area contributed by atoms with E-state index in [1.54, 1.807) is 0 Å². The second kappa shape index (κ2) is 6.61. The molecule has 1 aliphatic carbocycles. The lowest BCUT2D eigenvalue weighted by molar-refractivity contribution is -0.127. The minimum Gasteiger partial charge on any atom is -0.434 e. The van der Waals surface area contributed by atoms with Crippen molar-refractivity contribution in [1.29, 1.82) is 0 Å². The van der Waals surface area contributed by atoms with Crippen molar-refractivity contribution in [2.75, 3.05) is 30.9 Å². The largest absolute Gasteiger partial charge is 0.434 e. The van der Waals surface area contributed by atoms with E-state index in [-0.39, 0.29) is 12.5 Å². The van der Waals surface area contributed by atoms with Gasteiger partial charge in [-0.15, -0.1) is 0 Å². The molecule has 27 heavy (non-hydrogen) atoms. The molecule has 4 rings (SSSR count). The summed E-state index contributed by atoms with van der Waals surface area (Å²) in [4.78, 5) is 25.5. The molecule has 1 aromatic heterocycles. The zero-order chi connectivity index (χ0) is 19.1. The Kier molecular flexibility index (Phi) is 4.25. The number of ether oxygens (including phenoxy) is 1. The van der Waals surface area contributed by atoms with E-state index < -0.39 is 12.2 Å².